The molecule has 0 aliphatic heterocycles. The van der Waals surface area contributed by atoms with Crippen LogP contribution in [0.4, 0.5) is 26.3 Å². The largest absolute Gasteiger partial charge is 0.452 e. The molecular formula is C8H2BrF6N3. The molecule has 0 saturated heterocycles. The molecule has 0 N–H and O–H groups in total. The van der Waals surface area contributed by atoms with Gasteiger partial charge in [0, 0.05) is 10.7 Å². The molecule has 0 bridgehead atoms. The number of halogens is 7. The zero-order valence-electron chi connectivity index (χ0n) is 8.14. The molecular weight excluding hydrogens is 332 g/mol. The first-order valence-corrected chi connectivity index (χ1v) is 5.08. The van der Waals surface area contributed by atoms with Gasteiger partial charge in [-0.3, -0.25) is 4.40 Å². The molecule has 0 aliphatic carbocycles. The monoisotopic (exact) mass is 333 g/mol. The Morgan fingerprint density at radius 2 is 1.61 bits per heavy atom. The van der Waals surface area contributed by atoms with E-state index in [0.29, 0.717) is 6.07 Å². The zero-order valence-corrected chi connectivity index (χ0v) is 9.73. The molecule has 2 heterocycles. The molecule has 0 amide bonds. The Kier molecular flexibility index (Phi) is 2.80. The number of hydrogen-bond donors (Lipinski definition) is 0. The van der Waals surface area contributed by atoms with E-state index in [0.717, 1.165) is 6.20 Å². The molecule has 0 aliphatic rings. The summed E-state index contributed by atoms with van der Waals surface area (Å²) in [6.45, 7) is 0. The van der Waals surface area contributed by atoms with Crippen LogP contribution in [-0.4, -0.2) is 14.6 Å². The third-order valence-corrected chi connectivity index (χ3v) is 2.46. The number of pyridine rings is 1. The number of hydrogen-bond acceptors (Lipinski definition) is 2. The number of alkyl halides is 6. The van der Waals surface area contributed by atoms with E-state index in [2.05, 4.69) is 26.1 Å². The number of aromatic nitrogens is 3. The van der Waals surface area contributed by atoms with Gasteiger partial charge in [0.25, 0.3) is 0 Å². The Morgan fingerprint density at radius 1 is 1.00 bits per heavy atom. The highest BCUT2D eigenvalue weighted by atomic mass is 79.9. The number of fused-ring (bicyclic) bond motifs is 1. The molecule has 10 heteroatoms. The van der Waals surface area contributed by atoms with Gasteiger partial charge in [0.1, 0.15) is 5.56 Å². The highest BCUT2D eigenvalue weighted by molar-refractivity contribution is 9.10. The lowest BCUT2D eigenvalue weighted by molar-refractivity contribution is -0.146. The average molecular weight is 334 g/mol. The van der Waals surface area contributed by atoms with Gasteiger partial charge >= 0.3 is 12.4 Å². The molecule has 0 radical (unpaired) electrons. The van der Waals surface area contributed by atoms with Crippen LogP contribution in [0.15, 0.2) is 16.7 Å². The van der Waals surface area contributed by atoms with Crippen molar-refractivity contribution in [2.45, 2.75) is 12.4 Å². The SMILES string of the molecule is FC(F)(F)c1cc(Br)cn2c(C(F)(F)F)nnc12. The first-order chi connectivity index (χ1) is 8.10. The van der Waals surface area contributed by atoms with Crippen LogP contribution >= 0.6 is 15.9 Å². The van der Waals surface area contributed by atoms with Crippen molar-refractivity contribution in [2.24, 2.45) is 0 Å². The van der Waals surface area contributed by atoms with Crippen LogP contribution in [0.25, 0.3) is 5.65 Å². The quantitative estimate of drug-likeness (QED) is 0.690. The Hall–Kier alpha value is -1.32. The van der Waals surface area contributed by atoms with Gasteiger partial charge in [-0.15, -0.1) is 10.2 Å². The van der Waals surface area contributed by atoms with E-state index >= 15 is 0 Å². The van der Waals surface area contributed by atoms with E-state index in [-0.39, 0.29) is 8.87 Å². The lowest BCUT2D eigenvalue weighted by Gasteiger charge is -2.09. The molecule has 2 aromatic rings. The van der Waals surface area contributed by atoms with Gasteiger partial charge in [-0.2, -0.15) is 26.3 Å². The molecule has 0 unspecified atom stereocenters. The molecule has 0 fully saturated rings. The molecule has 0 saturated carbocycles. The van der Waals surface area contributed by atoms with Crippen LogP contribution in [0, 0.1) is 0 Å². The maximum Gasteiger partial charge on any atom is 0.452 e. The van der Waals surface area contributed by atoms with Crippen LogP contribution < -0.4 is 0 Å². The Morgan fingerprint density at radius 3 is 2.11 bits per heavy atom. The van der Waals surface area contributed by atoms with Gasteiger partial charge in [0.15, 0.2) is 5.65 Å². The summed E-state index contributed by atoms with van der Waals surface area (Å²) >= 11 is 2.72. The van der Waals surface area contributed by atoms with Crippen molar-refractivity contribution in [2.75, 3.05) is 0 Å². The van der Waals surface area contributed by atoms with Gasteiger partial charge in [-0.05, 0) is 22.0 Å². The van der Waals surface area contributed by atoms with E-state index in [1.165, 1.54) is 0 Å². The van der Waals surface area contributed by atoms with Crippen molar-refractivity contribution in [3.63, 3.8) is 0 Å². The standard InChI is InChI=1S/C8H2BrF6N3/c9-3-1-4(7(10,11)12)5-16-17-6(8(13,14)15)18(5)2-3/h1-2H. The number of nitrogens with zero attached hydrogens (tertiary/aromatic N) is 3. The van der Waals surface area contributed by atoms with E-state index < -0.39 is 29.4 Å². The van der Waals surface area contributed by atoms with Crippen molar-refractivity contribution < 1.29 is 26.3 Å². The molecule has 2 aromatic heterocycles. The topological polar surface area (TPSA) is 30.2 Å². The Labute approximate surface area is 104 Å². The van der Waals surface area contributed by atoms with Crippen LogP contribution in [0.5, 0.6) is 0 Å². The molecule has 0 spiro atoms. The normalized spacial score (nSPS) is 13.3. The van der Waals surface area contributed by atoms with Crippen LogP contribution in [-0.2, 0) is 12.4 Å². The second kappa shape index (κ2) is 3.84. The summed E-state index contributed by atoms with van der Waals surface area (Å²) in [4.78, 5) is 0. The van der Waals surface area contributed by atoms with Gasteiger partial charge in [0.2, 0.25) is 5.82 Å². The predicted molar refractivity (Wildman–Crippen MR) is 50.7 cm³/mol. The Bertz CT molecular complexity index is 599. The summed E-state index contributed by atoms with van der Waals surface area (Å²) in [6.07, 6.45) is -8.88. The molecule has 98 valence electrons. The van der Waals surface area contributed by atoms with E-state index in [9.17, 15) is 26.3 Å². The highest BCUT2D eigenvalue weighted by Crippen LogP contribution is 2.36. The van der Waals surface area contributed by atoms with E-state index in [1.54, 1.807) is 0 Å². The van der Waals surface area contributed by atoms with E-state index in [1.807, 2.05) is 0 Å². The number of rotatable bonds is 0. The summed E-state index contributed by atoms with van der Waals surface area (Å²) in [6, 6.07) is 0.643. The fraction of sp³-hybridized carbons (Fsp3) is 0.250. The van der Waals surface area contributed by atoms with Gasteiger partial charge in [-0.25, -0.2) is 0 Å². The highest BCUT2D eigenvalue weighted by Gasteiger charge is 2.40. The van der Waals surface area contributed by atoms with Crippen LogP contribution in [0.3, 0.4) is 0 Å². The fourth-order valence-corrected chi connectivity index (χ4v) is 1.80. The minimum absolute atomic E-state index is 0.160. The van der Waals surface area contributed by atoms with Crippen molar-refractivity contribution in [1.29, 1.82) is 0 Å². The molecule has 3 nitrogen and oxygen atoms in total. The van der Waals surface area contributed by atoms with Gasteiger partial charge < -0.3 is 0 Å². The molecule has 18 heavy (non-hydrogen) atoms. The molecule has 0 aromatic carbocycles. The summed E-state index contributed by atoms with van der Waals surface area (Å²) in [5.41, 5.74) is -2.18. The van der Waals surface area contributed by atoms with Crippen molar-refractivity contribution >= 4 is 21.6 Å². The summed E-state index contributed by atoms with van der Waals surface area (Å²) < 4.78 is 75.4. The second-order valence-corrected chi connectivity index (χ2v) is 4.20. The second-order valence-electron chi connectivity index (χ2n) is 3.28. The van der Waals surface area contributed by atoms with Gasteiger partial charge in [0.05, 0.1) is 0 Å². The lowest BCUT2D eigenvalue weighted by Crippen LogP contribution is -2.13. The van der Waals surface area contributed by atoms with E-state index in [4.69, 9.17) is 0 Å². The summed E-state index contributed by atoms with van der Waals surface area (Å²) in [5, 5.41) is 5.69. The third-order valence-electron chi connectivity index (χ3n) is 2.03. The predicted octanol–water partition coefficient (Wildman–Crippen LogP) is 3.53. The summed E-state index contributed by atoms with van der Waals surface area (Å²) in [5.74, 6) is -1.51. The van der Waals surface area contributed by atoms with Crippen molar-refractivity contribution in [3.8, 4) is 0 Å². The smallest absolute Gasteiger partial charge is 0.277 e. The maximum atomic E-state index is 12.6. The first-order valence-electron chi connectivity index (χ1n) is 4.29. The van der Waals surface area contributed by atoms with Crippen molar-refractivity contribution in [1.82, 2.24) is 14.6 Å². The van der Waals surface area contributed by atoms with Crippen LogP contribution in [0.1, 0.15) is 11.4 Å². The summed E-state index contributed by atoms with van der Waals surface area (Å²) in [7, 11) is 0. The lowest BCUT2D eigenvalue weighted by atomic mass is 10.2. The molecule has 2 rings (SSSR count). The van der Waals surface area contributed by atoms with Crippen LogP contribution in [0.2, 0.25) is 0 Å². The first kappa shape index (κ1) is 13.1. The zero-order chi connectivity index (χ0) is 13.7. The third kappa shape index (κ3) is 2.16. The average Bonchev–Trinajstić information content (AvgIpc) is 2.57. The Balaban J connectivity index is 2.82. The molecule has 0 atom stereocenters. The minimum atomic E-state index is -4.89. The maximum absolute atomic E-state index is 12.6. The van der Waals surface area contributed by atoms with Crippen molar-refractivity contribution in [3.05, 3.63) is 28.1 Å². The fourth-order valence-electron chi connectivity index (χ4n) is 1.36. The minimum Gasteiger partial charge on any atom is -0.277 e. The van der Waals surface area contributed by atoms with Gasteiger partial charge in [-0.1, -0.05) is 0 Å².